The zero-order chi connectivity index (χ0) is 20.4. The Balaban J connectivity index is 1.31. The molecule has 1 aromatic carbocycles. The Kier molecular flexibility index (Phi) is 5.49. The quantitative estimate of drug-likeness (QED) is 0.781. The molecule has 2 aliphatic rings. The maximum absolute atomic E-state index is 12.7. The number of benzene rings is 1. The summed E-state index contributed by atoms with van der Waals surface area (Å²) in [5, 5.41) is 10.7. The number of anilines is 1. The molecule has 0 radical (unpaired) electrons. The van der Waals surface area contributed by atoms with Gasteiger partial charge in [-0.3, -0.25) is 14.9 Å². The van der Waals surface area contributed by atoms with Crippen molar-refractivity contribution in [1.29, 1.82) is 0 Å². The monoisotopic (exact) mass is 393 g/mol. The molecule has 7 nitrogen and oxygen atoms in total. The van der Waals surface area contributed by atoms with Crippen LogP contribution in [0.2, 0.25) is 0 Å². The van der Waals surface area contributed by atoms with Crippen LogP contribution in [0.15, 0.2) is 42.5 Å². The lowest BCUT2D eigenvalue weighted by Crippen LogP contribution is -2.48. The Morgan fingerprint density at radius 3 is 2.45 bits per heavy atom. The van der Waals surface area contributed by atoms with Crippen LogP contribution in [0.5, 0.6) is 0 Å². The van der Waals surface area contributed by atoms with Crippen LogP contribution in [0.25, 0.3) is 5.69 Å². The highest BCUT2D eigenvalue weighted by Crippen LogP contribution is 2.21. The molecular weight excluding hydrogens is 366 g/mol. The molecule has 1 saturated heterocycles. The van der Waals surface area contributed by atoms with Gasteiger partial charge in [-0.15, -0.1) is 0 Å². The fraction of sp³-hybridized carbons (Fsp3) is 0.409. The summed E-state index contributed by atoms with van der Waals surface area (Å²) in [5.41, 5.74) is 3.79. The van der Waals surface area contributed by atoms with Gasteiger partial charge in [-0.2, -0.15) is 5.10 Å². The third-order valence-corrected chi connectivity index (χ3v) is 5.62. The number of nitrogens with zero attached hydrogens (tertiary/aromatic N) is 3. The Bertz CT molecular complexity index is 923. The Labute approximate surface area is 170 Å². The molecule has 0 spiro atoms. The molecule has 29 heavy (non-hydrogen) atoms. The number of likely N-dealkylation sites (tertiary alicyclic amines) is 1. The largest absolute Gasteiger partial charge is 0.341 e. The van der Waals surface area contributed by atoms with E-state index in [-0.39, 0.29) is 23.8 Å². The second-order valence-electron chi connectivity index (χ2n) is 7.79. The average Bonchev–Trinajstić information content (AvgIpc) is 3.38. The first-order valence-electron chi connectivity index (χ1n) is 10.1. The van der Waals surface area contributed by atoms with Gasteiger partial charge in [-0.1, -0.05) is 12.2 Å². The first kappa shape index (κ1) is 19.4. The maximum Gasteiger partial charge on any atom is 0.243 e. The van der Waals surface area contributed by atoms with Crippen molar-refractivity contribution in [2.45, 2.75) is 32.7 Å². The lowest BCUT2D eigenvalue weighted by atomic mass is 9.95. The maximum atomic E-state index is 12.7. The first-order chi connectivity index (χ1) is 14.0. The van der Waals surface area contributed by atoms with Gasteiger partial charge in [0, 0.05) is 36.9 Å². The normalized spacial score (nSPS) is 19.5. The van der Waals surface area contributed by atoms with Gasteiger partial charge in [0.2, 0.25) is 11.8 Å². The van der Waals surface area contributed by atoms with E-state index in [4.69, 9.17) is 0 Å². The van der Waals surface area contributed by atoms with Gasteiger partial charge in [0.1, 0.15) is 6.04 Å². The van der Waals surface area contributed by atoms with Crippen molar-refractivity contribution in [3.05, 3.63) is 53.9 Å². The third-order valence-electron chi connectivity index (χ3n) is 5.62. The van der Waals surface area contributed by atoms with Crippen LogP contribution in [0.3, 0.4) is 0 Å². The molecule has 2 N–H and O–H groups in total. The molecule has 0 saturated carbocycles. The average molecular weight is 393 g/mol. The topological polar surface area (TPSA) is 79.3 Å². The molecule has 1 unspecified atom stereocenters. The van der Waals surface area contributed by atoms with Crippen molar-refractivity contribution in [3.63, 3.8) is 0 Å². The molecule has 2 amide bonds. The fourth-order valence-corrected chi connectivity index (χ4v) is 4.02. The number of amides is 2. The van der Waals surface area contributed by atoms with Gasteiger partial charge in [-0.05, 0) is 57.0 Å². The van der Waals surface area contributed by atoms with Crippen LogP contribution >= 0.6 is 0 Å². The van der Waals surface area contributed by atoms with E-state index in [9.17, 15) is 9.59 Å². The Morgan fingerprint density at radius 2 is 1.86 bits per heavy atom. The lowest BCUT2D eigenvalue weighted by Gasteiger charge is -2.32. The molecule has 2 aliphatic heterocycles. The second-order valence-corrected chi connectivity index (χ2v) is 7.79. The molecular formula is C22H27N5O2. The number of carbonyl (C=O) groups excluding carboxylic acids is 2. The van der Waals surface area contributed by atoms with Gasteiger partial charge in [0.05, 0.1) is 11.4 Å². The zero-order valence-electron chi connectivity index (χ0n) is 16.9. The number of rotatable bonds is 4. The summed E-state index contributed by atoms with van der Waals surface area (Å²) in [6, 6.07) is 9.55. The van der Waals surface area contributed by atoms with Gasteiger partial charge < -0.3 is 10.2 Å². The molecule has 7 heteroatoms. The van der Waals surface area contributed by atoms with Gasteiger partial charge in [0.15, 0.2) is 0 Å². The van der Waals surface area contributed by atoms with Crippen molar-refractivity contribution in [2.24, 2.45) is 5.92 Å². The highest BCUT2D eigenvalue weighted by atomic mass is 16.2. The summed E-state index contributed by atoms with van der Waals surface area (Å²) < 4.78 is 1.89. The number of carbonyl (C=O) groups is 2. The number of piperidine rings is 1. The third kappa shape index (κ3) is 4.24. The Hall–Kier alpha value is -2.93. The van der Waals surface area contributed by atoms with Crippen LogP contribution in [0, 0.1) is 19.8 Å². The number of hydrogen-bond donors (Lipinski definition) is 2. The molecule has 0 aliphatic carbocycles. The molecule has 1 aromatic heterocycles. The van der Waals surface area contributed by atoms with Crippen LogP contribution < -0.4 is 10.6 Å². The van der Waals surface area contributed by atoms with E-state index in [1.807, 2.05) is 65.9 Å². The highest BCUT2D eigenvalue weighted by molar-refractivity contribution is 5.93. The van der Waals surface area contributed by atoms with Crippen molar-refractivity contribution in [3.8, 4) is 5.69 Å². The predicted octanol–water partition coefficient (Wildman–Crippen LogP) is 2.19. The van der Waals surface area contributed by atoms with Crippen molar-refractivity contribution < 1.29 is 9.59 Å². The van der Waals surface area contributed by atoms with Crippen LogP contribution in [0.4, 0.5) is 5.69 Å². The summed E-state index contributed by atoms with van der Waals surface area (Å²) in [7, 11) is 0. The molecule has 1 atom stereocenters. The van der Waals surface area contributed by atoms with Crippen LogP contribution in [-0.4, -0.2) is 52.2 Å². The number of nitrogens with one attached hydrogen (secondary N) is 2. The molecule has 152 valence electrons. The van der Waals surface area contributed by atoms with E-state index in [1.165, 1.54) is 0 Å². The minimum absolute atomic E-state index is 0.0230. The van der Waals surface area contributed by atoms with E-state index in [0.29, 0.717) is 25.9 Å². The molecule has 1 fully saturated rings. The minimum Gasteiger partial charge on any atom is -0.341 e. The van der Waals surface area contributed by atoms with E-state index in [0.717, 1.165) is 29.3 Å². The standard InChI is InChI=1S/C22H27N5O2/c1-15-14-16(2)27(25-15)19-7-5-18(6-8-19)24-21(28)17-9-12-26(13-10-17)22(29)20-4-3-11-23-20/h3-8,14,17,20,23H,9-13H2,1-2H3,(H,24,28). The van der Waals surface area contributed by atoms with E-state index in [1.54, 1.807) is 0 Å². The number of aryl methyl sites for hydroxylation is 2. The van der Waals surface area contributed by atoms with E-state index in [2.05, 4.69) is 15.7 Å². The number of hydrogen-bond acceptors (Lipinski definition) is 4. The van der Waals surface area contributed by atoms with Crippen molar-refractivity contribution >= 4 is 17.5 Å². The molecule has 3 heterocycles. The molecule has 4 rings (SSSR count). The lowest BCUT2D eigenvalue weighted by molar-refractivity contribution is -0.135. The summed E-state index contributed by atoms with van der Waals surface area (Å²) in [6.45, 7) is 5.98. The van der Waals surface area contributed by atoms with Gasteiger partial charge in [-0.25, -0.2) is 4.68 Å². The van der Waals surface area contributed by atoms with E-state index < -0.39 is 0 Å². The zero-order valence-corrected chi connectivity index (χ0v) is 16.9. The van der Waals surface area contributed by atoms with Crippen LogP contribution in [0.1, 0.15) is 24.2 Å². The molecule has 0 bridgehead atoms. The number of aromatic nitrogens is 2. The molecule has 2 aromatic rings. The Morgan fingerprint density at radius 1 is 1.14 bits per heavy atom. The predicted molar refractivity (Wildman–Crippen MR) is 112 cm³/mol. The van der Waals surface area contributed by atoms with Gasteiger partial charge >= 0.3 is 0 Å². The summed E-state index contributed by atoms with van der Waals surface area (Å²) in [6.07, 6.45) is 5.27. The summed E-state index contributed by atoms with van der Waals surface area (Å²) in [4.78, 5) is 27.0. The smallest absolute Gasteiger partial charge is 0.243 e. The van der Waals surface area contributed by atoms with E-state index >= 15 is 0 Å². The SMILES string of the molecule is Cc1cc(C)n(-c2ccc(NC(=O)C3CCN(C(=O)C4C=CCN4)CC3)cc2)n1. The fourth-order valence-electron chi connectivity index (χ4n) is 4.02. The first-order valence-corrected chi connectivity index (χ1v) is 10.1. The van der Waals surface area contributed by atoms with Crippen molar-refractivity contribution in [1.82, 2.24) is 20.0 Å². The summed E-state index contributed by atoms with van der Waals surface area (Å²) >= 11 is 0. The highest BCUT2D eigenvalue weighted by Gasteiger charge is 2.30. The van der Waals surface area contributed by atoms with Gasteiger partial charge in [0.25, 0.3) is 0 Å². The minimum atomic E-state index is -0.207. The summed E-state index contributed by atoms with van der Waals surface area (Å²) in [5.74, 6) is 0.0639. The van der Waals surface area contributed by atoms with Crippen molar-refractivity contribution in [2.75, 3.05) is 25.0 Å². The van der Waals surface area contributed by atoms with Crippen LogP contribution in [-0.2, 0) is 9.59 Å². The second kappa shape index (κ2) is 8.21.